The van der Waals surface area contributed by atoms with Crippen molar-refractivity contribution in [3.8, 4) is 0 Å². The fourth-order valence-corrected chi connectivity index (χ4v) is 6.85. The summed E-state index contributed by atoms with van der Waals surface area (Å²) in [5, 5.41) is 7.30. The summed E-state index contributed by atoms with van der Waals surface area (Å²) in [6, 6.07) is 10.4. The van der Waals surface area contributed by atoms with Crippen molar-refractivity contribution in [2.45, 2.75) is 43.9 Å². The van der Waals surface area contributed by atoms with Crippen LogP contribution in [0.2, 0.25) is 5.02 Å². The number of anilines is 1. The summed E-state index contributed by atoms with van der Waals surface area (Å²) >= 11 is 7.54. The number of quaternary nitrogens is 1. The van der Waals surface area contributed by atoms with Gasteiger partial charge in [-0.15, -0.1) is 0 Å². The molecule has 33 heavy (non-hydrogen) atoms. The summed E-state index contributed by atoms with van der Waals surface area (Å²) in [4.78, 5) is 18.2. The van der Waals surface area contributed by atoms with Gasteiger partial charge in [0.25, 0.3) is 0 Å². The highest BCUT2D eigenvalue weighted by Crippen LogP contribution is 2.37. The van der Waals surface area contributed by atoms with Gasteiger partial charge in [0.1, 0.15) is 6.20 Å². The first-order valence-electron chi connectivity index (χ1n) is 11.4. The second kappa shape index (κ2) is 10.1. The molecule has 9 heteroatoms. The zero-order chi connectivity index (χ0) is 23.5. The molecule has 1 saturated heterocycles. The molecule has 176 valence electrons. The molecule has 0 atom stereocenters. The molecular formula is C24H29ClN3O3S2+. The minimum Gasteiger partial charge on any atom is -0.361 e. The first kappa shape index (κ1) is 24.1. The molecule has 0 bridgehead atoms. The summed E-state index contributed by atoms with van der Waals surface area (Å²) in [7, 11) is -3.60. The van der Waals surface area contributed by atoms with E-state index in [0.717, 1.165) is 53.1 Å². The summed E-state index contributed by atoms with van der Waals surface area (Å²) in [5.41, 5.74) is 0. The molecule has 1 fully saturated rings. The van der Waals surface area contributed by atoms with E-state index in [1.54, 1.807) is 36.5 Å². The smallest absolute Gasteiger partial charge is 0.320 e. The van der Waals surface area contributed by atoms with Gasteiger partial charge in [-0.2, -0.15) is 0 Å². The third kappa shape index (κ3) is 5.24. The molecule has 0 radical (unpaired) electrons. The maximum atomic E-state index is 13.5. The number of rotatable bonds is 8. The van der Waals surface area contributed by atoms with Crippen molar-refractivity contribution in [2.24, 2.45) is 0 Å². The van der Waals surface area contributed by atoms with Gasteiger partial charge in [0.2, 0.25) is 5.00 Å². The van der Waals surface area contributed by atoms with Gasteiger partial charge >= 0.3 is 5.91 Å². The van der Waals surface area contributed by atoms with Gasteiger partial charge in [0, 0.05) is 11.6 Å². The number of aromatic nitrogens is 1. The van der Waals surface area contributed by atoms with Gasteiger partial charge in [-0.1, -0.05) is 30.7 Å². The van der Waals surface area contributed by atoms with Crippen molar-refractivity contribution in [1.29, 1.82) is 0 Å². The van der Waals surface area contributed by atoms with Crippen LogP contribution in [0.4, 0.5) is 10.1 Å². The molecule has 0 saturated carbocycles. The Morgan fingerprint density at radius 1 is 1.12 bits per heavy atom. The molecule has 2 aromatic carbocycles. The number of piperidine rings is 1. The second-order valence-corrected chi connectivity index (χ2v) is 12.1. The zero-order valence-corrected chi connectivity index (χ0v) is 21.1. The molecule has 1 N–H and O–H groups in total. The van der Waals surface area contributed by atoms with Crippen LogP contribution < -0.4 is 9.80 Å². The number of carbonyl (C=O) groups excluding carboxylic acids is 1. The van der Waals surface area contributed by atoms with Crippen LogP contribution in [0.5, 0.6) is 0 Å². The average Bonchev–Trinajstić information content (AvgIpc) is 3.31. The fraction of sp³-hybridized carbons (Fsp3) is 0.417. The quantitative estimate of drug-likeness (QED) is 0.399. The molecule has 0 unspecified atom stereocenters. The Bertz CT molecular complexity index is 1250. The minimum atomic E-state index is -3.60. The average molecular weight is 507 g/mol. The van der Waals surface area contributed by atoms with E-state index < -0.39 is 9.84 Å². The molecule has 3 aromatic rings. The number of benzene rings is 2. The van der Waals surface area contributed by atoms with Crippen LogP contribution in [0.1, 0.15) is 39.0 Å². The Kier molecular flexibility index (Phi) is 7.38. The highest BCUT2D eigenvalue weighted by Gasteiger charge is 2.42. The van der Waals surface area contributed by atoms with Crippen LogP contribution in [0.3, 0.4) is 0 Å². The number of likely N-dealkylation sites (tertiary alicyclic amines) is 1. The van der Waals surface area contributed by atoms with E-state index in [2.05, 4.69) is 17.2 Å². The lowest BCUT2D eigenvalue weighted by atomic mass is 10.1. The van der Waals surface area contributed by atoms with Crippen LogP contribution in [0.25, 0.3) is 10.8 Å². The zero-order valence-electron chi connectivity index (χ0n) is 18.7. The Hall–Kier alpha value is -2.00. The van der Waals surface area contributed by atoms with Gasteiger partial charge in [-0.25, -0.2) is 22.7 Å². The normalized spacial score (nSPS) is 16.1. The standard InChI is InChI=1S/C24H29ClN3O3S2/c1-2-11-26-24-27-17-23(32-24)28(12-4-3-5-13-28)22(29)10-14-33(30,31)21-9-7-18-15-20(25)8-6-19(18)16-21/h6-9,15-17H,2-5,10-14H2,1H3,(H,26,27)/q+1. The predicted octanol–water partition coefficient (Wildman–Crippen LogP) is 5.65. The molecule has 4 rings (SSSR count). The number of hydrogen-bond donors (Lipinski definition) is 1. The summed E-state index contributed by atoms with van der Waals surface area (Å²) in [6.07, 6.45) is 5.74. The lowest BCUT2D eigenvalue weighted by Crippen LogP contribution is -2.57. The van der Waals surface area contributed by atoms with Gasteiger partial charge in [0.15, 0.2) is 15.0 Å². The number of carbonyl (C=O) groups is 1. The number of halogens is 1. The van der Waals surface area contributed by atoms with E-state index in [1.807, 2.05) is 6.07 Å². The molecule has 0 aliphatic carbocycles. The highest BCUT2D eigenvalue weighted by molar-refractivity contribution is 7.91. The van der Waals surface area contributed by atoms with Crippen LogP contribution in [-0.2, 0) is 14.6 Å². The monoisotopic (exact) mass is 506 g/mol. The van der Waals surface area contributed by atoms with E-state index in [0.29, 0.717) is 18.1 Å². The molecule has 1 aliphatic heterocycles. The van der Waals surface area contributed by atoms with Crippen molar-refractivity contribution in [1.82, 2.24) is 9.47 Å². The number of sulfone groups is 1. The van der Waals surface area contributed by atoms with Crippen LogP contribution in [0, 0.1) is 0 Å². The van der Waals surface area contributed by atoms with Crippen molar-refractivity contribution >= 4 is 59.6 Å². The number of nitrogens with one attached hydrogen (secondary N) is 1. The van der Waals surface area contributed by atoms with Gasteiger partial charge in [-0.3, -0.25) is 0 Å². The first-order valence-corrected chi connectivity index (χ1v) is 14.2. The molecule has 0 spiro atoms. The largest absolute Gasteiger partial charge is 0.361 e. The lowest BCUT2D eigenvalue weighted by molar-refractivity contribution is -0.130. The van der Waals surface area contributed by atoms with E-state index in [-0.39, 0.29) is 27.5 Å². The van der Waals surface area contributed by atoms with E-state index in [9.17, 15) is 13.2 Å². The summed E-state index contributed by atoms with van der Waals surface area (Å²) in [6.45, 7) is 4.32. The molecule has 1 amide bonds. The maximum absolute atomic E-state index is 13.5. The molecule has 6 nitrogen and oxygen atoms in total. The third-order valence-electron chi connectivity index (χ3n) is 6.22. The first-order chi connectivity index (χ1) is 15.8. The van der Waals surface area contributed by atoms with E-state index in [4.69, 9.17) is 11.6 Å². The van der Waals surface area contributed by atoms with E-state index in [1.165, 1.54) is 11.3 Å². The highest BCUT2D eigenvalue weighted by atomic mass is 35.5. The Balaban J connectivity index is 1.53. The van der Waals surface area contributed by atoms with Crippen LogP contribution in [0.15, 0.2) is 47.5 Å². The Morgan fingerprint density at radius 3 is 2.61 bits per heavy atom. The summed E-state index contributed by atoms with van der Waals surface area (Å²) in [5.74, 6) is -0.249. The van der Waals surface area contributed by atoms with Crippen LogP contribution in [-0.4, -0.2) is 44.7 Å². The molecule has 2 heterocycles. The predicted molar refractivity (Wildman–Crippen MR) is 137 cm³/mol. The summed E-state index contributed by atoms with van der Waals surface area (Å²) < 4.78 is 26.4. The van der Waals surface area contributed by atoms with Crippen LogP contribution >= 0.6 is 22.9 Å². The Morgan fingerprint density at radius 2 is 1.85 bits per heavy atom. The van der Waals surface area contributed by atoms with Gasteiger partial charge in [0.05, 0.1) is 30.2 Å². The van der Waals surface area contributed by atoms with Crippen molar-refractivity contribution in [3.63, 3.8) is 0 Å². The number of amides is 1. The number of fused-ring (bicyclic) bond motifs is 1. The van der Waals surface area contributed by atoms with Gasteiger partial charge in [-0.05, 0) is 72.1 Å². The lowest BCUT2D eigenvalue weighted by Gasteiger charge is -2.36. The van der Waals surface area contributed by atoms with Crippen molar-refractivity contribution in [2.75, 3.05) is 30.7 Å². The van der Waals surface area contributed by atoms with E-state index >= 15 is 0 Å². The molecule has 1 aliphatic rings. The Labute approximate surface area is 204 Å². The van der Waals surface area contributed by atoms with Crippen molar-refractivity contribution < 1.29 is 13.2 Å². The molecular weight excluding hydrogens is 478 g/mol. The minimum absolute atomic E-state index is 0.0173. The number of nitrogens with zero attached hydrogens (tertiary/aromatic N) is 2. The second-order valence-electron chi connectivity index (χ2n) is 8.52. The third-order valence-corrected chi connectivity index (χ3v) is 9.27. The topological polar surface area (TPSA) is 76.1 Å². The number of thiazole rings is 1. The van der Waals surface area contributed by atoms with Crippen molar-refractivity contribution in [3.05, 3.63) is 47.6 Å². The molecule has 1 aromatic heterocycles. The van der Waals surface area contributed by atoms with Gasteiger partial charge < -0.3 is 5.32 Å². The number of hydrogen-bond acceptors (Lipinski definition) is 6. The maximum Gasteiger partial charge on any atom is 0.320 e. The fourth-order valence-electron chi connectivity index (χ4n) is 4.36. The SMILES string of the molecule is CCCNc1ncc([N+]2(C(=O)CCS(=O)(=O)c3ccc4cc(Cl)ccc4c3)CCCCC2)s1.